The Morgan fingerprint density at radius 2 is 2.07 bits per heavy atom. The largest absolute Gasteiger partial charge is 0.477 e. The van der Waals surface area contributed by atoms with Crippen LogP contribution in [0.4, 0.5) is 5.82 Å². The summed E-state index contributed by atoms with van der Waals surface area (Å²) in [6, 6.07) is 1.61. The Kier molecular flexibility index (Phi) is 4.02. The molecule has 9 heteroatoms. The Hall–Kier alpha value is -3.07. The summed E-state index contributed by atoms with van der Waals surface area (Å²) in [7, 11) is 0. The summed E-state index contributed by atoms with van der Waals surface area (Å²) >= 11 is 1.32. The van der Waals surface area contributed by atoms with Crippen molar-refractivity contribution in [3.63, 3.8) is 0 Å². The second-order valence-electron chi connectivity index (χ2n) is 7.53. The molecule has 29 heavy (non-hydrogen) atoms. The van der Waals surface area contributed by atoms with Crippen LogP contribution in [0.25, 0.3) is 16.2 Å². The third-order valence-corrected chi connectivity index (χ3v) is 6.39. The number of carbonyl (C=O) groups excluding carboxylic acids is 1. The molecule has 148 valence electrons. The number of hydrogen-bond donors (Lipinski definition) is 1. The van der Waals surface area contributed by atoms with Crippen LogP contribution in [0.5, 0.6) is 0 Å². The summed E-state index contributed by atoms with van der Waals surface area (Å²) in [6.07, 6.45) is 5.64. The molecule has 1 aliphatic heterocycles. The van der Waals surface area contributed by atoms with E-state index in [1.54, 1.807) is 29.1 Å². The number of thiazole rings is 1. The zero-order valence-electron chi connectivity index (χ0n) is 15.7. The first-order valence-corrected chi connectivity index (χ1v) is 10.3. The SMILES string of the molecule is Cc1cc(N2CCC2C(=O)C2CC2)nc2c1c(=O)c(C(=O)O)cn2-c1nccs1. The van der Waals surface area contributed by atoms with Gasteiger partial charge < -0.3 is 10.0 Å². The fourth-order valence-electron chi connectivity index (χ4n) is 3.85. The Labute approximate surface area is 169 Å². The number of carboxylic acids is 1. The molecule has 0 spiro atoms. The van der Waals surface area contributed by atoms with Crippen molar-refractivity contribution in [1.82, 2.24) is 14.5 Å². The predicted molar refractivity (Wildman–Crippen MR) is 108 cm³/mol. The number of anilines is 1. The van der Waals surface area contributed by atoms with E-state index in [9.17, 15) is 19.5 Å². The monoisotopic (exact) mass is 410 g/mol. The minimum atomic E-state index is -1.29. The van der Waals surface area contributed by atoms with Crippen LogP contribution in [0.1, 0.15) is 35.2 Å². The van der Waals surface area contributed by atoms with Gasteiger partial charge in [-0.05, 0) is 37.8 Å². The lowest BCUT2D eigenvalue weighted by Crippen LogP contribution is -2.53. The minimum Gasteiger partial charge on any atom is -0.477 e. The zero-order chi connectivity index (χ0) is 20.3. The Balaban J connectivity index is 1.70. The molecule has 1 unspecified atom stereocenters. The number of carbonyl (C=O) groups is 2. The maximum Gasteiger partial charge on any atom is 0.341 e. The van der Waals surface area contributed by atoms with Crippen LogP contribution in [0.3, 0.4) is 0 Å². The third-order valence-electron chi connectivity index (χ3n) is 5.62. The second kappa shape index (κ2) is 6.48. The maximum atomic E-state index is 12.8. The Bertz CT molecular complexity index is 1210. The molecule has 4 heterocycles. The molecule has 1 N–H and O–H groups in total. The summed E-state index contributed by atoms with van der Waals surface area (Å²) in [5.74, 6) is -0.207. The number of aromatic carboxylic acids is 1. The highest BCUT2D eigenvalue weighted by atomic mass is 32.1. The number of aryl methyl sites for hydroxylation is 1. The fraction of sp³-hybridized carbons (Fsp3) is 0.350. The molecule has 2 aliphatic rings. The quantitative estimate of drug-likeness (QED) is 0.688. The van der Waals surface area contributed by atoms with Crippen LogP contribution in [0, 0.1) is 12.8 Å². The lowest BCUT2D eigenvalue weighted by molar-refractivity contribution is -0.122. The number of Topliss-reactive ketones (excluding diaryl/α,β-unsaturated/α-hetero) is 1. The molecule has 3 aromatic heterocycles. The Morgan fingerprint density at radius 3 is 2.66 bits per heavy atom. The highest BCUT2D eigenvalue weighted by Gasteiger charge is 2.42. The first-order chi connectivity index (χ1) is 14.0. The van der Waals surface area contributed by atoms with Gasteiger partial charge in [-0.15, -0.1) is 11.3 Å². The van der Waals surface area contributed by atoms with Crippen LogP contribution in [0.2, 0.25) is 0 Å². The standard InChI is InChI=1S/C20H18N4O4S/c1-10-8-14(23-6-4-13(23)16(25)11-2-3-11)22-18-15(10)17(26)12(19(27)28)9-24(18)20-21-5-7-29-20/h5,7-9,11,13H,2-4,6H2,1H3,(H,27,28). The van der Waals surface area contributed by atoms with Gasteiger partial charge in [0.05, 0.1) is 11.4 Å². The number of fused-ring (bicyclic) bond motifs is 1. The summed E-state index contributed by atoms with van der Waals surface area (Å²) in [5, 5.41) is 12.0. The van der Waals surface area contributed by atoms with Crippen molar-refractivity contribution in [3.05, 3.63) is 45.2 Å². The van der Waals surface area contributed by atoms with Crippen molar-refractivity contribution in [1.29, 1.82) is 0 Å². The Morgan fingerprint density at radius 1 is 1.28 bits per heavy atom. The molecular weight excluding hydrogens is 392 g/mol. The lowest BCUT2D eigenvalue weighted by atomic mass is 9.95. The van der Waals surface area contributed by atoms with E-state index >= 15 is 0 Å². The topological polar surface area (TPSA) is 105 Å². The highest BCUT2D eigenvalue weighted by molar-refractivity contribution is 7.12. The van der Waals surface area contributed by atoms with Gasteiger partial charge in [0, 0.05) is 30.2 Å². The first kappa shape index (κ1) is 18.0. The normalized spacial score (nSPS) is 18.7. The van der Waals surface area contributed by atoms with Crippen molar-refractivity contribution in [2.45, 2.75) is 32.2 Å². The number of rotatable bonds is 5. The first-order valence-electron chi connectivity index (χ1n) is 9.46. The molecule has 0 amide bonds. The van der Waals surface area contributed by atoms with E-state index in [1.165, 1.54) is 17.5 Å². The van der Waals surface area contributed by atoms with Gasteiger partial charge in [0.2, 0.25) is 5.43 Å². The fourth-order valence-corrected chi connectivity index (χ4v) is 4.47. The molecule has 0 radical (unpaired) electrons. The van der Waals surface area contributed by atoms with Gasteiger partial charge in [0.15, 0.2) is 16.6 Å². The number of nitrogens with zero attached hydrogens (tertiary/aromatic N) is 4. The number of ketones is 1. The van der Waals surface area contributed by atoms with Gasteiger partial charge in [-0.3, -0.25) is 14.2 Å². The summed E-state index contributed by atoms with van der Waals surface area (Å²) < 4.78 is 1.55. The molecular formula is C20H18N4O4S. The number of pyridine rings is 2. The van der Waals surface area contributed by atoms with E-state index in [2.05, 4.69) is 4.98 Å². The van der Waals surface area contributed by atoms with Crippen LogP contribution in [-0.2, 0) is 4.79 Å². The van der Waals surface area contributed by atoms with E-state index < -0.39 is 11.4 Å². The molecule has 1 atom stereocenters. The summed E-state index contributed by atoms with van der Waals surface area (Å²) in [6.45, 7) is 2.50. The molecule has 1 saturated heterocycles. The van der Waals surface area contributed by atoms with Crippen LogP contribution in [0.15, 0.2) is 28.6 Å². The van der Waals surface area contributed by atoms with Crippen molar-refractivity contribution in [2.24, 2.45) is 5.92 Å². The molecule has 2 fully saturated rings. The molecule has 0 bridgehead atoms. The zero-order valence-corrected chi connectivity index (χ0v) is 16.5. The average Bonchev–Trinajstić information content (AvgIpc) is 3.36. The molecule has 5 rings (SSSR count). The van der Waals surface area contributed by atoms with E-state index in [4.69, 9.17) is 4.98 Å². The van der Waals surface area contributed by atoms with Crippen LogP contribution < -0.4 is 10.3 Å². The maximum absolute atomic E-state index is 12.8. The summed E-state index contributed by atoms with van der Waals surface area (Å²) in [4.78, 5) is 47.9. The predicted octanol–water partition coefficient (Wildman–Crippen LogP) is 2.41. The highest BCUT2D eigenvalue weighted by Crippen LogP contribution is 2.37. The number of hydrogen-bond acceptors (Lipinski definition) is 7. The van der Waals surface area contributed by atoms with E-state index in [0.29, 0.717) is 22.2 Å². The molecule has 1 saturated carbocycles. The lowest BCUT2D eigenvalue weighted by Gasteiger charge is -2.41. The number of aromatic nitrogens is 3. The number of carboxylic acid groups (broad SMARTS) is 1. The van der Waals surface area contributed by atoms with Gasteiger partial charge in [-0.1, -0.05) is 0 Å². The minimum absolute atomic E-state index is 0.162. The van der Waals surface area contributed by atoms with Gasteiger partial charge in [-0.2, -0.15) is 0 Å². The summed E-state index contributed by atoms with van der Waals surface area (Å²) in [5.41, 5.74) is 0.101. The second-order valence-corrected chi connectivity index (χ2v) is 8.41. The van der Waals surface area contributed by atoms with Gasteiger partial charge in [0.1, 0.15) is 11.4 Å². The van der Waals surface area contributed by atoms with Gasteiger partial charge in [-0.25, -0.2) is 14.8 Å². The van der Waals surface area contributed by atoms with Crippen molar-refractivity contribution in [3.8, 4) is 5.13 Å². The van der Waals surface area contributed by atoms with Crippen molar-refractivity contribution < 1.29 is 14.7 Å². The van der Waals surface area contributed by atoms with Gasteiger partial charge >= 0.3 is 5.97 Å². The van der Waals surface area contributed by atoms with E-state index in [-0.39, 0.29) is 28.7 Å². The van der Waals surface area contributed by atoms with E-state index in [1.807, 2.05) is 4.90 Å². The smallest absolute Gasteiger partial charge is 0.341 e. The van der Waals surface area contributed by atoms with Crippen LogP contribution in [-0.4, -0.2) is 44.0 Å². The van der Waals surface area contributed by atoms with Crippen molar-refractivity contribution in [2.75, 3.05) is 11.4 Å². The van der Waals surface area contributed by atoms with Gasteiger partial charge in [0.25, 0.3) is 0 Å². The van der Waals surface area contributed by atoms with Crippen molar-refractivity contribution >= 4 is 39.9 Å². The van der Waals surface area contributed by atoms with E-state index in [0.717, 1.165) is 25.8 Å². The molecule has 8 nitrogen and oxygen atoms in total. The third kappa shape index (κ3) is 2.84. The molecule has 3 aromatic rings. The van der Waals surface area contributed by atoms with Crippen LogP contribution >= 0.6 is 11.3 Å². The average molecular weight is 410 g/mol. The molecule has 1 aliphatic carbocycles. The molecule has 0 aromatic carbocycles.